The summed E-state index contributed by atoms with van der Waals surface area (Å²) in [6.07, 6.45) is 0. The summed E-state index contributed by atoms with van der Waals surface area (Å²) in [5.41, 5.74) is 1.96. The topological polar surface area (TPSA) is 52.9 Å². The van der Waals surface area contributed by atoms with E-state index < -0.39 is 0 Å². The monoisotopic (exact) mass is 354 g/mol. The number of rotatable bonds is 2. The van der Waals surface area contributed by atoms with Gasteiger partial charge in [-0.2, -0.15) is 5.26 Å². The average Bonchev–Trinajstić information content (AvgIpc) is 2.72. The fourth-order valence-corrected chi connectivity index (χ4v) is 3.10. The Kier molecular flexibility index (Phi) is 4.25. The third kappa shape index (κ3) is 3.16. The second-order valence-electron chi connectivity index (χ2n) is 3.83. The molecule has 6 heteroatoms. The van der Waals surface area contributed by atoms with Crippen LogP contribution in [0.3, 0.4) is 0 Å². The lowest BCUT2D eigenvalue weighted by atomic mass is 10.2. The molecule has 0 spiro atoms. The number of anilines is 1. The smallest absolute Gasteiger partial charge is 0.265 e. The van der Waals surface area contributed by atoms with Crippen molar-refractivity contribution < 1.29 is 4.79 Å². The Morgan fingerprint density at radius 2 is 2.21 bits per heavy atom. The van der Waals surface area contributed by atoms with Crippen LogP contribution in [0.2, 0.25) is 5.02 Å². The van der Waals surface area contributed by atoms with Gasteiger partial charge in [0.2, 0.25) is 0 Å². The molecular weight excluding hydrogens is 348 g/mol. The predicted molar refractivity (Wildman–Crippen MR) is 80.9 cm³/mol. The van der Waals surface area contributed by atoms with E-state index in [1.54, 1.807) is 12.1 Å². The molecular formula is C13H8BrClN2OS. The molecule has 0 saturated carbocycles. The van der Waals surface area contributed by atoms with Gasteiger partial charge < -0.3 is 5.32 Å². The van der Waals surface area contributed by atoms with Crippen LogP contribution >= 0.6 is 38.9 Å². The first-order valence-corrected chi connectivity index (χ1v) is 7.27. The van der Waals surface area contributed by atoms with Crippen molar-refractivity contribution in [2.45, 2.75) is 6.92 Å². The van der Waals surface area contributed by atoms with Crippen LogP contribution in [0.25, 0.3) is 0 Å². The Labute approximate surface area is 127 Å². The number of nitrogens with zero attached hydrogens (tertiary/aromatic N) is 1. The van der Waals surface area contributed by atoms with Crippen LogP contribution in [0.4, 0.5) is 5.69 Å². The maximum absolute atomic E-state index is 12.0. The lowest BCUT2D eigenvalue weighted by molar-refractivity contribution is 0.103. The zero-order valence-electron chi connectivity index (χ0n) is 9.83. The minimum Gasteiger partial charge on any atom is -0.320 e. The summed E-state index contributed by atoms with van der Waals surface area (Å²) >= 11 is 10.7. The summed E-state index contributed by atoms with van der Waals surface area (Å²) in [5, 5.41) is 11.8. The number of hydrogen-bond donors (Lipinski definition) is 1. The first-order chi connectivity index (χ1) is 9.01. The zero-order chi connectivity index (χ0) is 14.0. The largest absolute Gasteiger partial charge is 0.320 e. The highest BCUT2D eigenvalue weighted by atomic mass is 79.9. The molecule has 0 aliphatic carbocycles. The van der Waals surface area contributed by atoms with Crippen molar-refractivity contribution in [2.75, 3.05) is 5.32 Å². The predicted octanol–water partition coefficient (Wildman–Crippen LogP) is 4.60. The fourth-order valence-electron chi connectivity index (χ4n) is 1.44. The number of nitriles is 1. The summed E-state index contributed by atoms with van der Waals surface area (Å²) < 4.78 is 0.934. The summed E-state index contributed by atoms with van der Waals surface area (Å²) in [5.74, 6) is -0.217. The number of hydrogen-bond acceptors (Lipinski definition) is 3. The number of thiophene rings is 1. The minimum absolute atomic E-state index is 0.217. The molecule has 0 radical (unpaired) electrons. The number of carbonyl (C=O) groups excluding carboxylic acids is 1. The van der Waals surface area contributed by atoms with E-state index in [1.807, 2.05) is 19.1 Å². The van der Waals surface area contributed by atoms with Gasteiger partial charge in [0.1, 0.15) is 0 Å². The standard InChI is InChI=1S/C13H8BrClN2OS/c1-7-4-11(19-12(7)14)13(18)17-10-3-2-8(6-16)5-9(10)15/h2-5H,1H3,(H,17,18). The Bertz CT molecular complexity index is 671. The van der Waals surface area contributed by atoms with Crippen LogP contribution in [0.5, 0.6) is 0 Å². The molecule has 0 aliphatic rings. The van der Waals surface area contributed by atoms with Gasteiger partial charge in [0, 0.05) is 0 Å². The fraction of sp³-hybridized carbons (Fsp3) is 0.0769. The lowest BCUT2D eigenvalue weighted by Crippen LogP contribution is -2.10. The van der Waals surface area contributed by atoms with E-state index in [1.165, 1.54) is 17.4 Å². The molecule has 3 nitrogen and oxygen atoms in total. The number of carbonyl (C=O) groups is 1. The first kappa shape index (κ1) is 14.1. The molecule has 1 aromatic carbocycles. The summed E-state index contributed by atoms with van der Waals surface area (Å²) in [7, 11) is 0. The molecule has 1 N–H and O–H groups in total. The van der Waals surface area contributed by atoms with Crippen molar-refractivity contribution in [3.05, 3.63) is 49.1 Å². The number of benzene rings is 1. The molecule has 0 saturated heterocycles. The van der Waals surface area contributed by atoms with Gasteiger partial charge in [0.15, 0.2) is 0 Å². The Hall–Kier alpha value is -1.35. The van der Waals surface area contributed by atoms with Gasteiger partial charge >= 0.3 is 0 Å². The quantitative estimate of drug-likeness (QED) is 0.856. The van der Waals surface area contributed by atoms with E-state index in [2.05, 4.69) is 21.2 Å². The molecule has 0 bridgehead atoms. The second-order valence-corrected chi connectivity index (χ2v) is 6.61. The van der Waals surface area contributed by atoms with E-state index in [0.717, 1.165) is 9.35 Å². The highest BCUT2D eigenvalue weighted by Crippen LogP contribution is 2.29. The molecule has 1 heterocycles. The molecule has 1 amide bonds. The van der Waals surface area contributed by atoms with Gasteiger partial charge in [0.25, 0.3) is 5.91 Å². The molecule has 96 valence electrons. The number of aryl methyl sites for hydroxylation is 1. The molecule has 1 aromatic heterocycles. The van der Waals surface area contributed by atoms with Gasteiger partial charge in [0.05, 0.1) is 31.0 Å². The highest BCUT2D eigenvalue weighted by molar-refractivity contribution is 9.11. The molecule has 0 aliphatic heterocycles. The van der Waals surface area contributed by atoms with Gasteiger partial charge in [-0.1, -0.05) is 11.6 Å². The molecule has 2 rings (SSSR count). The third-order valence-electron chi connectivity index (χ3n) is 2.43. The van der Waals surface area contributed by atoms with Crippen LogP contribution in [-0.2, 0) is 0 Å². The SMILES string of the molecule is Cc1cc(C(=O)Nc2ccc(C#N)cc2Cl)sc1Br. The third-order valence-corrected chi connectivity index (χ3v) is 4.88. The molecule has 2 aromatic rings. The maximum atomic E-state index is 12.0. The van der Waals surface area contributed by atoms with E-state index in [9.17, 15) is 4.79 Å². The van der Waals surface area contributed by atoms with Crippen LogP contribution in [0, 0.1) is 18.3 Å². The molecule has 19 heavy (non-hydrogen) atoms. The van der Waals surface area contributed by atoms with Crippen molar-refractivity contribution in [3.63, 3.8) is 0 Å². The normalized spacial score (nSPS) is 10.0. The van der Waals surface area contributed by atoms with Gasteiger partial charge in [-0.15, -0.1) is 11.3 Å². The molecule has 0 atom stereocenters. The number of nitrogens with one attached hydrogen (secondary N) is 1. The average molecular weight is 356 g/mol. The summed E-state index contributed by atoms with van der Waals surface area (Å²) in [4.78, 5) is 12.6. The second kappa shape index (κ2) is 5.74. The van der Waals surface area contributed by atoms with Crippen molar-refractivity contribution in [3.8, 4) is 6.07 Å². The van der Waals surface area contributed by atoms with Gasteiger partial charge in [-0.25, -0.2) is 0 Å². The molecule has 0 fully saturated rings. The first-order valence-electron chi connectivity index (χ1n) is 5.28. The van der Waals surface area contributed by atoms with Crippen molar-refractivity contribution in [1.82, 2.24) is 0 Å². The molecule has 0 unspecified atom stereocenters. The minimum atomic E-state index is -0.217. The van der Waals surface area contributed by atoms with Crippen LogP contribution < -0.4 is 5.32 Å². The van der Waals surface area contributed by atoms with Crippen LogP contribution in [0.15, 0.2) is 28.1 Å². The Morgan fingerprint density at radius 3 is 2.74 bits per heavy atom. The summed E-state index contributed by atoms with van der Waals surface area (Å²) in [6.45, 7) is 1.92. The lowest BCUT2D eigenvalue weighted by Gasteiger charge is -2.05. The van der Waals surface area contributed by atoms with Crippen molar-refractivity contribution in [2.24, 2.45) is 0 Å². The number of halogens is 2. The van der Waals surface area contributed by atoms with Crippen LogP contribution in [-0.4, -0.2) is 5.91 Å². The number of amides is 1. The zero-order valence-corrected chi connectivity index (χ0v) is 13.0. The highest BCUT2D eigenvalue weighted by Gasteiger charge is 2.13. The van der Waals surface area contributed by atoms with Gasteiger partial charge in [-0.05, 0) is 52.7 Å². The Balaban J connectivity index is 2.22. The Morgan fingerprint density at radius 1 is 1.47 bits per heavy atom. The van der Waals surface area contributed by atoms with Crippen molar-refractivity contribution >= 4 is 50.5 Å². The van der Waals surface area contributed by atoms with Gasteiger partial charge in [-0.3, -0.25) is 4.79 Å². The van der Waals surface area contributed by atoms with Crippen molar-refractivity contribution in [1.29, 1.82) is 5.26 Å². The van der Waals surface area contributed by atoms with Crippen LogP contribution in [0.1, 0.15) is 20.8 Å². The van der Waals surface area contributed by atoms with E-state index in [0.29, 0.717) is 21.2 Å². The maximum Gasteiger partial charge on any atom is 0.265 e. The van der Waals surface area contributed by atoms with E-state index in [4.69, 9.17) is 16.9 Å². The van der Waals surface area contributed by atoms with E-state index >= 15 is 0 Å². The van der Waals surface area contributed by atoms with E-state index in [-0.39, 0.29) is 5.91 Å². The summed E-state index contributed by atoms with van der Waals surface area (Å²) in [6, 6.07) is 8.54.